The number of primary amides is 1. The van der Waals surface area contributed by atoms with Gasteiger partial charge in [0.25, 0.3) is 5.91 Å². The van der Waals surface area contributed by atoms with E-state index in [4.69, 9.17) is 10.2 Å². The first-order valence-corrected chi connectivity index (χ1v) is 9.00. The third-order valence-electron chi connectivity index (χ3n) is 3.94. The summed E-state index contributed by atoms with van der Waals surface area (Å²) in [7, 11) is 0. The zero-order chi connectivity index (χ0) is 18.5. The van der Waals surface area contributed by atoms with Gasteiger partial charge in [0.2, 0.25) is 5.91 Å². The lowest BCUT2D eigenvalue weighted by Crippen LogP contribution is -2.17. The lowest BCUT2D eigenvalue weighted by molar-refractivity contribution is 0.0987. The summed E-state index contributed by atoms with van der Waals surface area (Å²) in [5, 5.41) is 2.80. The molecule has 0 aliphatic heterocycles. The number of amides is 2. The maximum atomic E-state index is 12.6. The summed E-state index contributed by atoms with van der Waals surface area (Å²) < 4.78 is 5.39. The van der Waals surface area contributed by atoms with Gasteiger partial charge in [-0.1, -0.05) is 24.3 Å². The first-order valence-electron chi connectivity index (χ1n) is 8.01. The number of nitrogens with one attached hydrogen (secondary N) is 1. The van der Waals surface area contributed by atoms with E-state index in [1.54, 1.807) is 43.0 Å². The Morgan fingerprint density at radius 1 is 1.08 bits per heavy atom. The molecule has 0 radical (unpaired) electrons. The molecule has 0 aliphatic rings. The number of carbonyl (C=O) groups excluding carboxylic acids is 2. The zero-order valence-corrected chi connectivity index (χ0v) is 15.0. The monoisotopic (exact) mass is 366 g/mol. The summed E-state index contributed by atoms with van der Waals surface area (Å²) in [4.78, 5) is 25.2. The number of nitrogens with two attached hydrogens (primary N) is 1. The molecule has 2 amide bonds. The van der Waals surface area contributed by atoms with Crippen LogP contribution < -0.4 is 11.1 Å². The number of furan rings is 1. The van der Waals surface area contributed by atoms with Crippen LogP contribution in [0, 0.1) is 6.92 Å². The van der Waals surface area contributed by atoms with Crippen LogP contribution in [-0.2, 0) is 5.75 Å². The van der Waals surface area contributed by atoms with Crippen LogP contribution in [0.3, 0.4) is 0 Å². The van der Waals surface area contributed by atoms with E-state index in [1.807, 2.05) is 30.3 Å². The molecule has 2 aromatic carbocycles. The lowest BCUT2D eigenvalue weighted by Gasteiger charge is -2.10. The van der Waals surface area contributed by atoms with Crippen molar-refractivity contribution in [2.24, 2.45) is 5.73 Å². The van der Waals surface area contributed by atoms with Gasteiger partial charge in [0.05, 0.1) is 6.26 Å². The molecule has 5 nitrogen and oxygen atoms in total. The van der Waals surface area contributed by atoms with Gasteiger partial charge in [0.15, 0.2) is 5.76 Å². The van der Waals surface area contributed by atoms with E-state index in [0.717, 1.165) is 10.5 Å². The van der Waals surface area contributed by atoms with Crippen molar-refractivity contribution in [2.75, 3.05) is 5.32 Å². The van der Waals surface area contributed by atoms with E-state index in [2.05, 4.69) is 5.32 Å². The highest BCUT2D eigenvalue weighted by Crippen LogP contribution is 2.26. The van der Waals surface area contributed by atoms with E-state index in [0.29, 0.717) is 22.6 Å². The molecule has 0 aliphatic carbocycles. The smallest absolute Gasteiger partial charge is 0.291 e. The molecule has 0 bridgehead atoms. The maximum absolute atomic E-state index is 12.6. The molecule has 0 spiro atoms. The molecule has 0 atom stereocenters. The summed E-state index contributed by atoms with van der Waals surface area (Å²) in [5.41, 5.74) is 7.69. The number of anilines is 1. The quantitative estimate of drug-likeness (QED) is 0.639. The molecule has 3 N–H and O–H groups in total. The second-order valence-electron chi connectivity index (χ2n) is 5.67. The van der Waals surface area contributed by atoms with Crippen molar-refractivity contribution < 1.29 is 14.0 Å². The fourth-order valence-electron chi connectivity index (χ4n) is 2.54. The second-order valence-corrected chi connectivity index (χ2v) is 6.72. The highest BCUT2D eigenvalue weighted by atomic mass is 32.2. The van der Waals surface area contributed by atoms with Gasteiger partial charge in [-0.3, -0.25) is 9.59 Å². The predicted octanol–water partition coefficient (Wildman–Crippen LogP) is 4.23. The van der Waals surface area contributed by atoms with Gasteiger partial charge in [-0.05, 0) is 42.8 Å². The highest BCUT2D eigenvalue weighted by Gasteiger charge is 2.18. The first kappa shape index (κ1) is 17.8. The number of hydrogen-bond acceptors (Lipinski definition) is 4. The number of hydrogen-bond donors (Lipinski definition) is 2. The molecule has 0 saturated heterocycles. The Hall–Kier alpha value is -2.99. The molecular formula is C20H18N2O3S. The Balaban J connectivity index is 1.74. The Labute approximate surface area is 155 Å². The Bertz CT molecular complexity index is 935. The molecule has 1 aromatic heterocycles. The van der Waals surface area contributed by atoms with Crippen molar-refractivity contribution in [1.82, 2.24) is 0 Å². The van der Waals surface area contributed by atoms with Crippen molar-refractivity contribution in [3.63, 3.8) is 0 Å². The topological polar surface area (TPSA) is 85.3 Å². The van der Waals surface area contributed by atoms with Crippen LogP contribution in [0.2, 0.25) is 0 Å². The molecular weight excluding hydrogens is 348 g/mol. The maximum Gasteiger partial charge on any atom is 0.291 e. The molecule has 3 aromatic rings. The van der Waals surface area contributed by atoms with Crippen LogP contribution in [0.5, 0.6) is 0 Å². The number of thioether (sulfide) groups is 1. The summed E-state index contributed by atoms with van der Waals surface area (Å²) in [6.45, 7) is 1.74. The Morgan fingerprint density at radius 2 is 1.85 bits per heavy atom. The van der Waals surface area contributed by atoms with Crippen LogP contribution in [0.15, 0.2) is 70.2 Å². The predicted molar refractivity (Wildman–Crippen MR) is 102 cm³/mol. The summed E-state index contributed by atoms with van der Waals surface area (Å²) in [6.07, 6.45) is 1.50. The second kappa shape index (κ2) is 7.93. The minimum atomic E-state index is -0.531. The number of benzene rings is 2. The summed E-state index contributed by atoms with van der Waals surface area (Å²) >= 11 is 1.62. The van der Waals surface area contributed by atoms with Crippen molar-refractivity contribution >= 4 is 29.3 Å². The average Bonchev–Trinajstić information content (AvgIpc) is 3.11. The van der Waals surface area contributed by atoms with Gasteiger partial charge in [0.1, 0.15) is 0 Å². The fourth-order valence-corrected chi connectivity index (χ4v) is 3.44. The van der Waals surface area contributed by atoms with Crippen molar-refractivity contribution in [1.29, 1.82) is 0 Å². The molecule has 0 fully saturated rings. The first-order chi connectivity index (χ1) is 12.6. The Morgan fingerprint density at radius 3 is 2.58 bits per heavy atom. The number of rotatable bonds is 6. The van der Waals surface area contributed by atoms with Crippen LogP contribution in [0.1, 0.15) is 32.0 Å². The molecule has 0 unspecified atom stereocenters. The van der Waals surface area contributed by atoms with E-state index in [9.17, 15) is 9.59 Å². The zero-order valence-electron chi connectivity index (χ0n) is 14.2. The van der Waals surface area contributed by atoms with Gasteiger partial charge in [-0.15, -0.1) is 11.8 Å². The lowest BCUT2D eigenvalue weighted by atomic mass is 10.1. The fraction of sp³-hybridized carbons (Fsp3) is 0.100. The van der Waals surface area contributed by atoms with E-state index in [1.165, 1.54) is 6.26 Å². The highest BCUT2D eigenvalue weighted by molar-refractivity contribution is 7.98. The van der Waals surface area contributed by atoms with E-state index < -0.39 is 5.91 Å². The largest absolute Gasteiger partial charge is 0.459 e. The SMILES string of the molecule is Cc1c(NC(=O)c2occc2CSc2ccccc2)cccc1C(N)=O. The third kappa shape index (κ3) is 3.97. The summed E-state index contributed by atoms with van der Waals surface area (Å²) in [6, 6.07) is 16.8. The molecule has 132 valence electrons. The Kier molecular flexibility index (Phi) is 5.43. The molecule has 0 saturated carbocycles. The minimum absolute atomic E-state index is 0.261. The van der Waals surface area contributed by atoms with Gasteiger partial charge in [-0.2, -0.15) is 0 Å². The van der Waals surface area contributed by atoms with Gasteiger partial charge >= 0.3 is 0 Å². The van der Waals surface area contributed by atoms with E-state index >= 15 is 0 Å². The van der Waals surface area contributed by atoms with Crippen molar-refractivity contribution in [3.05, 3.63) is 83.3 Å². The average molecular weight is 366 g/mol. The third-order valence-corrected chi connectivity index (χ3v) is 5.00. The van der Waals surface area contributed by atoms with Crippen LogP contribution in [0.4, 0.5) is 5.69 Å². The molecule has 6 heteroatoms. The minimum Gasteiger partial charge on any atom is -0.459 e. The number of carbonyl (C=O) groups is 2. The standard InChI is InChI=1S/C20H18N2O3S/c1-13-16(19(21)23)8-5-9-17(13)22-20(24)18-14(10-11-25-18)12-26-15-6-3-2-4-7-15/h2-11H,12H2,1H3,(H2,21,23)(H,22,24). The van der Waals surface area contributed by atoms with Crippen molar-refractivity contribution in [3.8, 4) is 0 Å². The van der Waals surface area contributed by atoms with Crippen LogP contribution >= 0.6 is 11.8 Å². The van der Waals surface area contributed by atoms with E-state index in [-0.39, 0.29) is 11.7 Å². The molecule has 3 rings (SSSR count). The van der Waals surface area contributed by atoms with Crippen LogP contribution in [0.25, 0.3) is 0 Å². The molecule has 1 heterocycles. The normalized spacial score (nSPS) is 10.5. The van der Waals surface area contributed by atoms with Crippen molar-refractivity contribution in [2.45, 2.75) is 17.6 Å². The summed E-state index contributed by atoms with van der Waals surface area (Å²) in [5.74, 6) is -0.0129. The molecule has 26 heavy (non-hydrogen) atoms. The van der Waals surface area contributed by atoms with Gasteiger partial charge < -0.3 is 15.5 Å². The van der Waals surface area contributed by atoms with Crippen LogP contribution in [-0.4, -0.2) is 11.8 Å². The van der Waals surface area contributed by atoms with Gasteiger partial charge in [0, 0.05) is 27.5 Å². The van der Waals surface area contributed by atoms with Gasteiger partial charge in [-0.25, -0.2) is 0 Å².